The van der Waals surface area contributed by atoms with Crippen LogP contribution in [0.4, 0.5) is 0 Å². The van der Waals surface area contributed by atoms with Gasteiger partial charge in [-0.05, 0) is 30.0 Å². The zero-order chi connectivity index (χ0) is 11.3. The molecule has 0 radical (unpaired) electrons. The van der Waals surface area contributed by atoms with Crippen molar-refractivity contribution < 1.29 is 9.59 Å². The molecule has 2 aromatic rings. The normalized spacial score (nSPS) is 13.6. The van der Waals surface area contributed by atoms with Gasteiger partial charge in [-0.15, -0.1) is 11.3 Å². The Kier molecular flexibility index (Phi) is 1.82. The number of carbonyl (C=O) groups excluding carboxylic acids is 2. The Hall–Kier alpha value is -1.81. The fourth-order valence-electron chi connectivity index (χ4n) is 1.92. The van der Waals surface area contributed by atoms with Gasteiger partial charge in [0.05, 0.1) is 10.4 Å². The summed E-state index contributed by atoms with van der Waals surface area (Å²) < 4.78 is 0. The Morgan fingerprint density at radius 1 is 1.19 bits per heavy atom. The summed E-state index contributed by atoms with van der Waals surface area (Å²) in [4.78, 5) is 28.7. The van der Waals surface area contributed by atoms with Crippen LogP contribution in [-0.2, 0) is 0 Å². The van der Waals surface area contributed by atoms with E-state index in [1.54, 1.807) is 23.7 Å². The number of hydrogen-bond donors (Lipinski definition) is 0. The van der Waals surface area contributed by atoms with Crippen LogP contribution in [0.3, 0.4) is 0 Å². The summed E-state index contributed by atoms with van der Waals surface area (Å²) in [6.45, 7) is 1.82. The molecule has 0 bridgehead atoms. The Morgan fingerprint density at radius 3 is 2.81 bits per heavy atom. The fourth-order valence-corrected chi connectivity index (χ4v) is 2.75. The lowest BCUT2D eigenvalue weighted by Crippen LogP contribution is -2.21. The lowest BCUT2D eigenvalue weighted by atomic mass is 9.90. The number of ketones is 2. The number of rotatable bonds is 0. The first kappa shape index (κ1) is 9.42. The van der Waals surface area contributed by atoms with Crippen LogP contribution < -0.4 is 0 Å². The smallest absolute Gasteiger partial charge is 0.222 e. The van der Waals surface area contributed by atoms with Crippen LogP contribution in [0, 0.1) is 6.92 Å². The van der Waals surface area contributed by atoms with E-state index in [-0.39, 0.29) is 11.6 Å². The van der Waals surface area contributed by atoms with Crippen molar-refractivity contribution in [2.45, 2.75) is 6.92 Å². The first-order valence-electron chi connectivity index (χ1n) is 4.82. The van der Waals surface area contributed by atoms with Gasteiger partial charge >= 0.3 is 0 Å². The minimum atomic E-state index is -0.136. The average molecular weight is 229 g/mol. The Balaban J connectivity index is 2.38. The summed E-state index contributed by atoms with van der Waals surface area (Å²) in [6, 6.07) is 3.46. The molecule has 0 spiro atoms. The van der Waals surface area contributed by atoms with Gasteiger partial charge in [0.2, 0.25) is 5.78 Å². The molecular formula is C12H7NO2S. The van der Waals surface area contributed by atoms with Gasteiger partial charge < -0.3 is 0 Å². The maximum Gasteiger partial charge on any atom is 0.222 e. The lowest BCUT2D eigenvalue weighted by molar-refractivity contribution is 0.0978. The highest BCUT2D eigenvalue weighted by Crippen LogP contribution is 2.30. The topological polar surface area (TPSA) is 47.0 Å². The monoisotopic (exact) mass is 229 g/mol. The third-order valence-electron chi connectivity index (χ3n) is 2.72. The van der Waals surface area contributed by atoms with Gasteiger partial charge in [-0.25, -0.2) is 0 Å². The Morgan fingerprint density at radius 2 is 2.00 bits per heavy atom. The molecule has 2 heterocycles. The molecule has 1 aliphatic rings. The molecule has 0 amide bonds. The van der Waals surface area contributed by atoms with Crippen LogP contribution >= 0.6 is 11.3 Å². The molecule has 3 rings (SSSR count). The third kappa shape index (κ3) is 1.05. The van der Waals surface area contributed by atoms with Gasteiger partial charge in [0.1, 0.15) is 5.69 Å². The van der Waals surface area contributed by atoms with Crippen molar-refractivity contribution in [2.24, 2.45) is 0 Å². The van der Waals surface area contributed by atoms with E-state index in [1.165, 1.54) is 11.3 Å². The van der Waals surface area contributed by atoms with E-state index in [4.69, 9.17) is 0 Å². The van der Waals surface area contributed by atoms with E-state index < -0.39 is 0 Å². The molecule has 4 heteroatoms. The van der Waals surface area contributed by atoms with Crippen molar-refractivity contribution in [1.29, 1.82) is 0 Å². The van der Waals surface area contributed by atoms with Crippen molar-refractivity contribution in [2.75, 3.05) is 0 Å². The number of aromatic nitrogens is 1. The van der Waals surface area contributed by atoms with Crippen molar-refractivity contribution in [3.63, 3.8) is 0 Å². The molecule has 0 saturated carbocycles. The standard InChI is InChI=1S/C12H7NO2S/c1-6-2-4-13-9-8(6)10(14)7-3-5-16-12(7)11(9)15/h2-5H,1H3. The van der Waals surface area contributed by atoms with Crippen molar-refractivity contribution in [1.82, 2.24) is 4.98 Å². The third-order valence-corrected chi connectivity index (χ3v) is 3.63. The molecule has 3 nitrogen and oxygen atoms in total. The highest BCUT2D eigenvalue weighted by Gasteiger charge is 2.32. The predicted molar refractivity (Wildman–Crippen MR) is 60.2 cm³/mol. The SMILES string of the molecule is Cc1ccnc2c1C(=O)c1ccsc1C2=O. The van der Waals surface area contributed by atoms with Gasteiger partial charge in [0.15, 0.2) is 5.78 Å². The molecular weight excluding hydrogens is 222 g/mol. The van der Waals surface area contributed by atoms with Crippen LogP contribution in [0.5, 0.6) is 0 Å². The summed E-state index contributed by atoms with van der Waals surface area (Å²) in [5.74, 6) is -0.222. The van der Waals surface area contributed by atoms with E-state index in [9.17, 15) is 9.59 Å². The van der Waals surface area contributed by atoms with Crippen LogP contribution in [0.2, 0.25) is 0 Å². The first-order valence-corrected chi connectivity index (χ1v) is 5.70. The van der Waals surface area contributed by atoms with E-state index in [0.717, 1.165) is 5.56 Å². The molecule has 0 fully saturated rings. The highest BCUT2D eigenvalue weighted by molar-refractivity contribution is 7.12. The molecule has 2 aromatic heterocycles. The second kappa shape index (κ2) is 3.09. The Bertz CT molecular complexity index is 628. The van der Waals surface area contributed by atoms with Crippen LogP contribution in [-0.4, -0.2) is 16.6 Å². The molecule has 16 heavy (non-hydrogen) atoms. The van der Waals surface area contributed by atoms with Crippen LogP contribution in [0.1, 0.15) is 36.9 Å². The molecule has 0 aromatic carbocycles. The molecule has 0 aliphatic heterocycles. The molecule has 1 aliphatic carbocycles. The highest BCUT2D eigenvalue weighted by atomic mass is 32.1. The predicted octanol–water partition coefficient (Wildman–Crippen LogP) is 2.23. The van der Waals surface area contributed by atoms with Crippen molar-refractivity contribution >= 4 is 22.9 Å². The zero-order valence-corrected chi connectivity index (χ0v) is 9.30. The maximum absolute atomic E-state index is 12.1. The lowest BCUT2D eigenvalue weighted by Gasteiger charge is -2.14. The zero-order valence-electron chi connectivity index (χ0n) is 8.48. The fraction of sp³-hybridized carbons (Fsp3) is 0.0833. The van der Waals surface area contributed by atoms with E-state index in [0.29, 0.717) is 21.7 Å². The molecule has 0 saturated heterocycles. The number of thiophene rings is 1. The number of aryl methyl sites for hydroxylation is 1. The summed E-state index contributed by atoms with van der Waals surface area (Å²) in [6.07, 6.45) is 1.57. The number of nitrogens with zero attached hydrogens (tertiary/aromatic N) is 1. The average Bonchev–Trinajstić information content (AvgIpc) is 2.75. The quantitative estimate of drug-likeness (QED) is 0.594. The molecule has 0 atom stereocenters. The van der Waals surface area contributed by atoms with Gasteiger partial charge in [0.25, 0.3) is 0 Å². The minimum absolute atomic E-state index is 0.0866. The Labute approximate surface area is 95.8 Å². The van der Waals surface area contributed by atoms with Crippen molar-refractivity contribution in [3.05, 3.63) is 51.0 Å². The van der Waals surface area contributed by atoms with E-state index >= 15 is 0 Å². The first-order chi connectivity index (χ1) is 7.70. The number of hydrogen-bond acceptors (Lipinski definition) is 4. The van der Waals surface area contributed by atoms with E-state index in [1.807, 2.05) is 6.92 Å². The minimum Gasteiger partial charge on any atom is -0.288 e. The number of pyridine rings is 1. The summed E-state index contributed by atoms with van der Waals surface area (Å²) in [5.41, 5.74) is 2.07. The van der Waals surface area contributed by atoms with Gasteiger partial charge in [-0.3, -0.25) is 14.6 Å². The summed E-state index contributed by atoms with van der Waals surface area (Å²) >= 11 is 1.30. The van der Waals surface area contributed by atoms with E-state index in [2.05, 4.69) is 4.98 Å². The largest absolute Gasteiger partial charge is 0.288 e. The van der Waals surface area contributed by atoms with Crippen LogP contribution in [0.25, 0.3) is 0 Å². The number of fused-ring (bicyclic) bond motifs is 2. The summed E-state index contributed by atoms with van der Waals surface area (Å²) in [7, 11) is 0. The maximum atomic E-state index is 12.1. The number of carbonyl (C=O) groups is 2. The molecule has 0 N–H and O–H groups in total. The van der Waals surface area contributed by atoms with Gasteiger partial charge in [0, 0.05) is 11.8 Å². The van der Waals surface area contributed by atoms with Gasteiger partial charge in [-0.2, -0.15) is 0 Å². The van der Waals surface area contributed by atoms with Crippen molar-refractivity contribution in [3.8, 4) is 0 Å². The van der Waals surface area contributed by atoms with Gasteiger partial charge in [-0.1, -0.05) is 0 Å². The summed E-state index contributed by atoms with van der Waals surface area (Å²) in [5, 5.41) is 1.77. The second-order valence-electron chi connectivity index (χ2n) is 3.67. The second-order valence-corrected chi connectivity index (χ2v) is 4.59. The molecule has 78 valence electrons. The molecule has 0 unspecified atom stereocenters. The van der Waals surface area contributed by atoms with Crippen LogP contribution in [0.15, 0.2) is 23.7 Å².